The molecular weight excluding hydrogens is 408 g/mol. The molecule has 0 radical (unpaired) electrons. The lowest BCUT2D eigenvalue weighted by Gasteiger charge is -2.24. The van der Waals surface area contributed by atoms with Crippen molar-refractivity contribution in [3.8, 4) is 11.5 Å². The molecule has 0 aliphatic rings. The Kier molecular flexibility index (Phi) is 8.32. The number of anilines is 1. The van der Waals surface area contributed by atoms with E-state index in [9.17, 15) is 18.4 Å². The third-order valence-electron chi connectivity index (χ3n) is 4.78. The number of carbonyl (C=O) groups is 2. The zero-order chi connectivity index (χ0) is 23.1. The molecule has 2 aromatic carbocycles. The van der Waals surface area contributed by atoms with Crippen molar-refractivity contribution >= 4 is 17.6 Å². The number of hydrogen-bond donors (Lipinski definition) is 2. The highest BCUT2D eigenvalue weighted by Gasteiger charge is 2.21. The largest absolute Gasteiger partial charge is 0.493 e. The van der Waals surface area contributed by atoms with Gasteiger partial charge in [-0.15, -0.1) is 0 Å². The fourth-order valence-electron chi connectivity index (χ4n) is 2.95. The van der Waals surface area contributed by atoms with Crippen LogP contribution in [0.5, 0.6) is 11.5 Å². The number of halogens is 2. The van der Waals surface area contributed by atoms with Gasteiger partial charge in [0.05, 0.1) is 13.2 Å². The minimum atomic E-state index is -2.96. The van der Waals surface area contributed by atoms with E-state index in [-0.39, 0.29) is 11.5 Å². The first-order chi connectivity index (χ1) is 14.6. The second kappa shape index (κ2) is 10.7. The second-order valence-electron chi connectivity index (χ2n) is 7.22. The van der Waals surface area contributed by atoms with Crippen LogP contribution in [0.25, 0.3) is 0 Å². The Labute approximate surface area is 180 Å². The average Bonchev–Trinajstić information content (AvgIpc) is 2.70. The van der Waals surface area contributed by atoms with Crippen LogP contribution in [0.4, 0.5) is 19.3 Å². The second-order valence-corrected chi connectivity index (χ2v) is 7.22. The van der Waals surface area contributed by atoms with Crippen LogP contribution >= 0.6 is 0 Å². The van der Waals surface area contributed by atoms with Crippen LogP contribution in [0, 0.1) is 13.8 Å². The Balaban J connectivity index is 1.96. The van der Waals surface area contributed by atoms with E-state index < -0.39 is 24.6 Å². The van der Waals surface area contributed by atoms with Gasteiger partial charge in [-0.1, -0.05) is 23.8 Å². The van der Waals surface area contributed by atoms with Crippen LogP contribution in [0.1, 0.15) is 23.6 Å². The summed E-state index contributed by atoms with van der Waals surface area (Å²) in [6, 6.07) is 8.88. The van der Waals surface area contributed by atoms with Crippen molar-refractivity contribution in [3.05, 3.63) is 53.1 Å². The molecule has 0 spiro atoms. The lowest BCUT2D eigenvalue weighted by atomic mass is 10.1. The van der Waals surface area contributed by atoms with E-state index in [2.05, 4.69) is 15.4 Å². The summed E-state index contributed by atoms with van der Waals surface area (Å²) in [5, 5.41) is 5.00. The number of rotatable bonds is 8. The van der Waals surface area contributed by atoms with Gasteiger partial charge in [0.15, 0.2) is 11.5 Å². The van der Waals surface area contributed by atoms with Crippen LogP contribution in [-0.2, 0) is 11.3 Å². The van der Waals surface area contributed by atoms with E-state index >= 15 is 0 Å². The maximum atomic E-state index is 12.5. The lowest BCUT2D eigenvalue weighted by molar-refractivity contribution is -0.124. The van der Waals surface area contributed by atoms with Gasteiger partial charge in [0.25, 0.3) is 0 Å². The zero-order valence-corrected chi connectivity index (χ0v) is 18.2. The van der Waals surface area contributed by atoms with Crippen molar-refractivity contribution in [2.45, 2.75) is 40.0 Å². The van der Waals surface area contributed by atoms with Crippen molar-refractivity contribution in [3.63, 3.8) is 0 Å². The molecule has 2 aromatic rings. The number of ether oxygens (including phenoxy) is 2. The number of likely N-dealkylation sites (N-methyl/N-ethyl adjacent to an activating group) is 1. The van der Waals surface area contributed by atoms with Crippen LogP contribution in [0.3, 0.4) is 0 Å². The Morgan fingerprint density at radius 2 is 1.81 bits per heavy atom. The fraction of sp³-hybridized carbons (Fsp3) is 0.364. The molecule has 0 fully saturated rings. The molecule has 0 saturated carbocycles. The Bertz CT molecular complexity index is 937. The maximum absolute atomic E-state index is 12.5. The summed E-state index contributed by atoms with van der Waals surface area (Å²) in [5.74, 6) is -0.386. The van der Waals surface area contributed by atoms with Crippen molar-refractivity contribution in [1.29, 1.82) is 0 Å². The van der Waals surface area contributed by atoms with Gasteiger partial charge in [-0.25, -0.2) is 4.79 Å². The molecular formula is C22H27F2N3O4. The Morgan fingerprint density at radius 1 is 1.10 bits per heavy atom. The normalized spacial score (nSPS) is 11.9. The molecule has 31 heavy (non-hydrogen) atoms. The highest BCUT2D eigenvalue weighted by atomic mass is 19.3. The van der Waals surface area contributed by atoms with E-state index in [0.29, 0.717) is 12.2 Å². The SMILES string of the molecule is COc1cc(CN(C)C(C)C(=O)NC(=O)Nc2ccc(C)cc2C)ccc1OC(F)F. The molecule has 0 aromatic heterocycles. The number of benzene rings is 2. The first-order valence-electron chi connectivity index (χ1n) is 9.61. The third-order valence-corrected chi connectivity index (χ3v) is 4.78. The zero-order valence-electron chi connectivity index (χ0n) is 18.2. The van der Waals surface area contributed by atoms with Crippen molar-refractivity contribution in [1.82, 2.24) is 10.2 Å². The number of nitrogens with zero attached hydrogens (tertiary/aromatic N) is 1. The number of aryl methyl sites for hydroxylation is 2. The van der Waals surface area contributed by atoms with Gasteiger partial charge in [0, 0.05) is 12.2 Å². The van der Waals surface area contributed by atoms with Crippen molar-refractivity contribution in [2.24, 2.45) is 0 Å². The summed E-state index contributed by atoms with van der Waals surface area (Å²) >= 11 is 0. The summed E-state index contributed by atoms with van der Waals surface area (Å²) in [5.41, 5.74) is 3.30. The molecule has 3 amide bonds. The standard InChI is InChI=1S/C22H27F2N3O4/c1-13-6-8-17(14(2)10-13)25-22(29)26-20(28)15(3)27(4)12-16-7-9-18(31-21(23)24)19(11-16)30-5/h6-11,15,21H,12H2,1-5H3,(H2,25,26,28,29). The molecule has 0 heterocycles. The van der Waals surface area contributed by atoms with Crippen molar-refractivity contribution in [2.75, 3.05) is 19.5 Å². The van der Waals surface area contributed by atoms with Gasteiger partial charge >= 0.3 is 12.6 Å². The molecule has 7 nitrogen and oxygen atoms in total. The molecule has 2 rings (SSSR count). The molecule has 1 unspecified atom stereocenters. The fourth-order valence-corrected chi connectivity index (χ4v) is 2.95. The molecule has 0 bridgehead atoms. The predicted molar refractivity (Wildman–Crippen MR) is 114 cm³/mol. The van der Waals surface area contributed by atoms with E-state index in [4.69, 9.17) is 4.74 Å². The van der Waals surface area contributed by atoms with E-state index in [1.807, 2.05) is 26.0 Å². The molecule has 9 heteroatoms. The Morgan fingerprint density at radius 3 is 2.42 bits per heavy atom. The summed E-state index contributed by atoms with van der Waals surface area (Å²) in [6.45, 7) is 2.84. The molecule has 0 aliphatic carbocycles. The maximum Gasteiger partial charge on any atom is 0.387 e. The van der Waals surface area contributed by atoms with E-state index in [0.717, 1.165) is 16.7 Å². The average molecular weight is 435 g/mol. The number of urea groups is 1. The molecule has 0 aliphatic heterocycles. The summed E-state index contributed by atoms with van der Waals surface area (Å²) in [4.78, 5) is 26.4. The molecule has 2 N–H and O–H groups in total. The molecule has 168 valence electrons. The van der Waals surface area contributed by atoms with Gasteiger partial charge in [-0.2, -0.15) is 8.78 Å². The van der Waals surface area contributed by atoms with Gasteiger partial charge < -0.3 is 14.8 Å². The number of imide groups is 1. The summed E-state index contributed by atoms with van der Waals surface area (Å²) < 4.78 is 34.4. The smallest absolute Gasteiger partial charge is 0.387 e. The number of hydrogen-bond acceptors (Lipinski definition) is 5. The topological polar surface area (TPSA) is 79.9 Å². The van der Waals surface area contributed by atoms with E-state index in [1.54, 1.807) is 37.1 Å². The molecule has 1 atom stereocenters. The number of methoxy groups -OCH3 is 1. The predicted octanol–water partition coefficient (Wildman–Crippen LogP) is 4.08. The lowest BCUT2D eigenvalue weighted by Crippen LogP contribution is -2.46. The Hall–Kier alpha value is -3.20. The number of amides is 3. The summed E-state index contributed by atoms with van der Waals surface area (Å²) in [7, 11) is 3.06. The van der Waals surface area contributed by atoms with Gasteiger partial charge in [-0.05, 0) is 57.1 Å². The van der Waals surface area contributed by atoms with Crippen LogP contribution < -0.4 is 20.1 Å². The van der Waals surface area contributed by atoms with Gasteiger partial charge in [0.1, 0.15) is 0 Å². The first-order valence-corrected chi connectivity index (χ1v) is 9.61. The number of nitrogens with one attached hydrogen (secondary N) is 2. The van der Waals surface area contributed by atoms with Crippen LogP contribution in [0.2, 0.25) is 0 Å². The monoisotopic (exact) mass is 435 g/mol. The highest BCUT2D eigenvalue weighted by molar-refractivity contribution is 6.03. The minimum absolute atomic E-state index is 0.0715. The third kappa shape index (κ3) is 6.92. The first kappa shape index (κ1) is 24.1. The number of carbonyl (C=O) groups excluding carboxylic acids is 2. The van der Waals surface area contributed by atoms with E-state index in [1.165, 1.54) is 13.2 Å². The van der Waals surface area contributed by atoms with Gasteiger partial charge in [-0.3, -0.25) is 15.0 Å². The van der Waals surface area contributed by atoms with Gasteiger partial charge in [0.2, 0.25) is 5.91 Å². The van der Waals surface area contributed by atoms with Crippen molar-refractivity contribution < 1.29 is 27.8 Å². The summed E-state index contributed by atoms with van der Waals surface area (Å²) in [6.07, 6.45) is 0. The quantitative estimate of drug-likeness (QED) is 0.653. The number of alkyl halides is 2. The van der Waals surface area contributed by atoms with Crippen LogP contribution in [-0.4, -0.2) is 43.6 Å². The highest BCUT2D eigenvalue weighted by Crippen LogP contribution is 2.30. The molecule has 0 saturated heterocycles. The van der Waals surface area contributed by atoms with Crippen LogP contribution in [0.15, 0.2) is 36.4 Å². The minimum Gasteiger partial charge on any atom is -0.493 e.